The second-order valence-corrected chi connectivity index (χ2v) is 7.94. The molecule has 12 heteroatoms. The molecule has 34 heavy (non-hydrogen) atoms. The van der Waals surface area contributed by atoms with E-state index >= 15 is 0 Å². The third-order valence-electron chi connectivity index (χ3n) is 5.90. The Bertz CT molecular complexity index is 1420. The number of nitrogen functional groups attached to an aromatic ring is 1. The van der Waals surface area contributed by atoms with Gasteiger partial charge < -0.3 is 15.7 Å². The topological polar surface area (TPSA) is 115 Å². The van der Waals surface area contributed by atoms with Crippen LogP contribution in [0.3, 0.4) is 0 Å². The van der Waals surface area contributed by atoms with E-state index in [2.05, 4.69) is 15.1 Å². The quantitative estimate of drug-likeness (QED) is 0.470. The van der Waals surface area contributed by atoms with Crippen molar-refractivity contribution in [2.24, 2.45) is 0 Å². The van der Waals surface area contributed by atoms with Crippen molar-refractivity contribution in [2.45, 2.75) is 31.7 Å². The number of aliphatic hydroxyl groups is 1. The molecule has 9 nitrogen and oxygen atoms in total. The van der Waals surface area contributed by atoms with Crippen molar-refractivity contribution in [3.63, 3.8) is 0 Å². The lowest BCUT2D eigenvalue weighted by Gasteiger charge is -2.29. The summed E-state index contributed by atoms with van der Waals surface area (Å²) in [6, 6.07) is 9.62. The van der Waals surface area contributed by atoms with E-state index in [4.69, 9.17) is 5.73 Å². The number of anilines is 2. The summed E-state index contributed by atoms with van der Waals surface area (Å²) in [6.45, 7) is -0.0905. The van der Waals surface area contributed by atoms with Gasteiger partial charge >= 0.3 is 6.18 Å². The Hall–Kier alpha value is -3.93. The first-order valence-electron chi connectivity index (χ1n) is 10.6. The number of fused-ring (bicyclic) bond motifs is 1. The number of nitrogens with zero attached hydrogens (tertiary/aromatic N) is 6. The molecule has 0 aliphatic carbocycles. The van der Waals surface area contributed by atoms with Gasteiger partial charge in [-0.15, -0.1) is 0 Å². The molecular formula is C22H20F3N7O2. The number of aromatic nitrogens is 5. The summed E-state index contributed by atoms with van der Waals surface area (Å²) in [7, 11) is 0. The van der Waals surface area contributed by atoms with Crippen LogP contribution in [0.1, 0.15) is 35.8 Å². The van der Waals surface area contributed by atoms with Gasteiger partial charge in [-0.2, -0.15) is 23.3 Å². The fourth-order valence-corrected chi connectivity index (χ4v) is 4.41. The van der Waals surface area contributed by atoms with Gasteiger partial charge in [-0.3, -0.25) is 9.36 Å². The van der Waals surface area contributed by atoms with Crippen molar-refractivity contribution >= 4 is 17.3 Å². The Morgan fingerprint density at radius 3 is 2.65 bits per heavy atom. The number of hydrogen-bond donors (Lipinski definition) is 2. The minimum atomic E-state index is -4.69. The number of rotatable bonds is 4. The van der Waals surface area contributed by atoms with Crippen molar-refractivity contribution < 1.29 is 18.3 Å². The molecule has 1 fully saturated rings. The molecule has 3 N–H and O–H groups in total. The van der Waals surface area contributed by atoms with Crippen LogP contribution in [-0.4, -0.2) is 35.8 Å². The van der Waals surface area contributed by atoms with Crippen molar-refractivity contribution in [1.29, 1.82) is 0 Å². The highest BCUT2D eigenvalue weighted by Gasteiger charge is 2.41. The molecule has 4 aromatic rings. The number of aliphatic hydroxyl groups excluding tert-OH is 1. The first kappa shape index (κ1) is 21.9. The van der Waals surface area contributed by atoms with Crippen LogP contribution in [-0.2, 0) is 12.8 Å². The lowest BCUT2D eigenvalue weighted by molar-refractivity contribution is -0.137. The fraction of sp³-hybridized carbons (Fsp3) is 0.273. The summed E-state index contributed by atoms with van der Waals surface area (Å²) in [5, 5.41) is 14.3. The molecule has 1 aromatic carbocycles. The van der Waals surface area contributed by atoms with E-state index in [-0.39, 0.29) is 36.3 Å². The number of hydrogen-bond acceptors (Lipinski definition) is 7. The molecule has 0 amide bonds. The van der Waals surface area contributed by atoms with E-state index in [1.807, 2.05) is 0 Å². The van der Waals surface area contributed by atoms with E-state index in [9.17, 15) is 23.1 Å². The fourth-order valence-electron chi connectivity index (χ4n) is 4.41. The SMILES string of the molecule is Nc1ncc(C(F)(F)F)c(N2CCC[C@H]2c2nn3ccc(CO)c3c(=O)n2-c2ccccc2)n1. The van der Waals surface area contributed by atoms with Gasteiger partial charge in [-0.25, -0.2) is 9.50 Å². The first-order valence-corrected chi connectivity index (χ1v) is 10.6. The van der Waals surface area contributed by atoms with E-state index in [1.54, 1.807) is 42.6 Å². The molecule has 176 valence electrons. The Morgan fingerprint density at radius 2 is 1.94 bits per heavy atom. The molecule has 1 atom stereocenters. The molecule has 5 rings (SSSR count). The summed E-state index contributed by atoms with van der Waals surface area (Å²) >= 11 is 0. The average Bonchev–Trinajstić information content (AvgIpc) is 3.46. The standard InChI is InChI=1S/C22H20F3N7O2/c23-22(24,25)15-11-27-21(26)28-18(15)30-9-4-7-16(30)19-29-31-10-8-13(12-33)17(31)20(34)32(19)14-5-2-1-3-6-14/h1-3,5-6,8,10-11,16,33H,4,7,9,12H2,(H2,26,27,28)/t16-/m0/s1. The molecule has 4 heterocycles. The molecule has 0 radical (unpaired) electrons. The molecule has 1 aliphatic heterocycles. The average molecular weight is 471 g/mol. The summed E-state index contributed by atoms with van der Waals surface area (Å²) < 4.78 is 44.1. The lowest BCUT2D eigenvalue weighted by atomic mass is 10.1. The Kier molecular flexibility index (Phi) is 5.24. The molecule has 3 aromatic heterocycles. The second-order valence-electron chi connectivity index (χ2n) is 7.94. The normalized spacial score (nSPS) is 16.5. The highest BCUT2D eigenvalue weighted by atomic mass is 19.4. The maximum Gasteiger partial charge on any atom is 0.421 e. The molecular weight excluding hydrogens is 451 g/mol. The van der Waals surface area contributed by atoms with Gasteiger partial charge in [0.1, 0.15) is 16.9 Å². The third-order valence-corrected chi connectivity index (χ3v) is 5.90. The van der Waals surface area contributed by atoms with Gasteiger partial charge in [0, 0.05) is 24.5 Å². The zero-order chi connectivity index (χ0) is 24.0. The van der Waals surface area contributed by atoms with E-state index in [0.717, 1.165) is 0 Å². The molecule has 0 spiro atoms. The van der Waals surface area contributed by atoms with Gasteiger partial charge in [0.25, 0.3) is 5.56 Å². The van der Waals surface area contributed by atoms with Crippen LogP contribution in [0.25, 0.3) is 11.2 Å². The van der Waals surface area contributed by atoms with Crippen LogP contribution in [0.5, 0.6) is 0 Å². The number of alkyl halides is 3. The molecule has 1 saturated heterocycles. The Labute approximate surface area is 190 Å². The van der Waals surface area contributed by atoms with Gasteiger partial charge in [-0.1, -0.05) is 18.2 Å². The van der Waals surface area contributed by atoms with Crippen molar-refractivity contribution in [3.8, 4) is 5.69 Å². The number of halogens is 3. The van der Waals surface area contributed by atoms with Crippen LogP contribution in [0.4, 0.5) is 24.9 Å². The van der Waals surface area contributed by atoms with Gasteiger partial charge in [-0.05, 0) is 31.0 Å². The van der Waals surface area contributed by atoms with Crippen LogP contribution in [0, 0.1) is 0 Å². The molecule has 0 bridgehead atoms. The Balaban J connectivity index is 1.75. The van der Waals surface area contributed by atoms with Gasteiger partial charge in [0.05, 0.1) is 18.3 Å². The number of benzene rings is 1. The molecule has 0 unspecified atom stereocenters. The number of para-hydroxylation sites is 1. The highest BCUT2D eigenvalue weighted by Crippen LogP contribution is 2.41. The lowest BCUT2D eigenvalue weighted by Crippen LogP contribution is -2.34. The summed E-state index contributed by atoms with van der Waals surface area (Å²) in [5.41, 5.74) is 5.31. The van der Waals surface area contributed by atoms with E-state index < -0.39 is 23.3 Å². The smallest absolute Gasteiger partial charge is 0.392 e. The van der Waals surface area contributed by atoms with E-state index in [0.29, 0.717) is 30.3 Å². The van der Waals surface area contributed by atoms with Crippen LogP contribution < -0.4 is 16.2 Å². The van der Waals surface area contributed by atoms with Crippen LogP contribution in [0.2, 0.25) is 0 Å². The molecule has 1 aliphatic rings. The minimum Gasteiger partial charge on any atom is -0.392 e. The molecule has 0 saturated carbocycles. The third kappa shape index (κ3) is 3.55. The highest BCUT2D eigenvalue weighted by molar-refractivity contribution is 5.56. The predicted molar refractivity (Wildman–Crippen MR) is 117 cm³/mol. The summed E-state index contributed by atoms with van der Waals surface area (Å²) in [5.74, 6) is -0.373. The predicted octanol–water partition coefficient (Wildman–Crippen LogP) is 2.71. The number of nitrogens with two attached hydrogens (primary N) is 1. The van der Waals surface area contributed by atoms with Crippen molar-refractivity contribution in [1.82, 2.24) is 24.1 Å². The summed E-state index contributed by atoms with van der Waals surface area (Å²) in [6.07, 6.45) is -1.47. The van der Waals surface area contributed by atoms with Crippen LogP contribution in [0.15, 0.2) is 53.6 Å². The maximum atomic E-state index is 13.8. The summed E-state index contributed by atoms with van der Waals surface area (Å²) in [4.78, 5) is 22.5. The first-order chi connectivity index (χ1) is 16.3. The minimum absolute atomic E-state index is 0.196. The van der Waals surface area contributed by atoms with Crippen molar-refractivity contribution in [2.75, 3.05) is 17.2 Å². The monoisotopic (exact) mass is 471 g/mol. The van der Waals surface area contributed by atoms with Crippen molar-refractivity contribution in [3.05, 3.63) is 76.1 Å². The van der Waals surface area contributed by atoms with Gasteiger partial charge in [0.15, 0.2) is 5.82 Å². The zero-order valence-corrected chi connectivity index (χ0v) is 17.8. The van der Waals surface area contributed by atoms with Crippen LogP contribution >= 0.6 is 0 Å². The Morgan fingerprint density at radius 1 is 1.18 bits per heavy atom. The zero-order valence-electron chi connectivity index (χ0n) is 17.8. The van der Waals surface area contributed by atoms with E-state index in [1.165, 1.54) is 14.0 Å². The van der Waals surface area contributed by atoms with Gasteiger partial charge in [0.2, 0.25) is 5.95 Å². The second kappa shape index (κ2) is 8.13. The largest absolute Gasteiger partial charge is 0.421 e. The maximum absolute atomic E-state index is 13.8.